The summed E-state index contributed by atoms with van der Waals surface area (Å²) in [5.74, 6) is -0.747. The van der Waals surface area contributed by atoms with Crippen molar-refractivity contribution in [2.75, 3.05) is 13.1 Å². The predicted molar refractivity (Wildman–Crippen MR) is 37.8 cm³/mol. The average Bonchev–Trinajstić information content (AvgIpc) is 2.36. The highest BCUT2D eigenvalue weighted by Crippen LogP contribution is 2.04. The predicted octanol–water partition coefficient (Wildman–Crippen LogP) is 0.331. The molecule has 1 unspecified atom stereocenters. The molecule has 0 aromatic rings. The van der Waals surface area contributed by atoms with Crippen LogP contribution < -0.4 is 0 Å². The Morgan fingerprint density at radius 3 is 2.50 bits per heavy atom. The fourth-order valence-electron chi connectivity index (χ4n) is 0.967. The molecule has 0 fully saturated rings. The molecule has 0 spiro atoms. The van der Waals surface area contributed by atoms with Gasteiger partial charge in [-0.3, -0.25) is 9.69 Å². The van der Waals surface area contributed by atoms with Gasteiger partial charge in [0.1, 0.15) is 6.04 Å². The number of carboxylic acid groups (broad SMARTS) is 1. The van der Waals surface area contributed by atoms with Crippen LogP contribution in [0.15, 0.2) is 12.2 Å². The van der Waals surface area contributed by atoms with E-state index in [1.165, 1.54) is 0 Å². The van der Waals surface area contributed by atoms with Crippen molar-refractivity contribution in [3.63, 3.8) is 0 Å². The maximum absolute atomic E-state index is 10.4. The van der Waals surface area contributed by atoms with Crippen LogP contribution in [0.3, 0.4) is 0 Å². The molecule has 3 nitrogen and oxygen atoms in total. The molecular weight excluding hydrogens is 130 g/mol. The second kappa shape index (κ2) is 2.84. The van der Waals surface area contributed by atoms with E-state index in [2.05, 4.69) is 0 Å². The average molecular weight is 141 g/mol. The quantitative estimate of drug-likeness (QED) is 0.563. The fraction of sp³-hybridized carbons (Fsp3) is 0.571. The molecule has 1 atom stereocenters. The molecule has 1 aliphatic rings. The van der Waals surface area contributed by atoms with Crippen molar-refractivity contribution >= 4 is 5.97 Å². The molecule has 0 saturated heterocycles. The second-order valence-corrected chi connectivity index (χ2v) is 2.44. The molecule has 0 aliphatic carbocycles. The van der Waals surface area contributed by atoms with Crippen LogP contribution in [0.2, 0.25) is 0 Å². The van der Waals surface area contributed by atoms with E-state index in [1.54, 1.807) is 6.92 Å². The molecule has 1 N–H and O–H groups in total. The highest BCUT2D eigenvalue weighted by atomic mass is 16.4. The van der Waals surface area contributed by atoms with Gasteiger partial charge in [-0.25, -0.2) is 0 Å². The number of nitrogens with zero attached hydrogens (tertiary/aromatic N) is 1. The smallest absolute Gasteiger partial charge is 0.320 e. The Morgan fingerprint density at radius 2 is 2.10 bits per heavy atom. The van der Waals surface area contributed by atoms with Crippen LogP contribution in [0.5, 0.6) is 0 Å². The highest BCUT2D eigenvalue weighted by molar-refractivity contribution is 5.73. The maximum Gasteiger partial charge on any atom is 0.320 e. The van der Waals surface area contributed by atoms with Gasteiger partial charge in [-0.1, -0.05) is 12.2 Å². The summed E-state index contributed by atoms with van der Waals surface area (Å²) in [6.45, 7) is 3.25. The molecule has 0 aromatic carbocycles. The molecule has 1 aliphatic heterocycles. The molecule has 1 heterocycles. The molecule has 0 amide bonds. The zero-order valence-electron chi connectivity index (χ0n) is 5.95. The Hall–Kier alpha value is -0.830. The summed E-state index contributed by atoms with van der Waals surface area (Å²) in [6, 6.07) is -0.352. The van der Waals surface area contributed by atoms with Crippen molar-refractivity contribution in [1.29, 1.82) is 0 Å². The summed E-state index contributed by atoms with van der Waals surface area (Å²) >= 11 is 0. The second-order valence-electron chi connectivity index (χ2n) is 2.44. The zero-order chi connectivity index (χ0) is 7.56. The van der Waals surface area contributed by atoms with Crippen LogP contribution in [-0.2, 0) is 4.79 Å². The largest absolute Gasteiger partial charge is 0.480 e. The number of hydrogen-bond acceptors (Lipinski definition) is 2. The van der Waals surface area contributed by atoms with Crippen LogP contribution in [0.25, 0.3) is 0 Å². The molecular formula is C7H11NO2. The summed E-state index contributed by atoms with van der Waals surface area (Å²) in [6.07, 6.45) is 3.97. The fourth-order valence-corrected chi connectivity index (χ4v) is 0.967. The molecule has 0 bridgehead atoms. The van der Waals surface area contributed by atoms with Gasteiger partial charge in [0.25, 0.3) is 0 Å². The molecule has 56 valence electrons. The first-order chi connectivity index (χ1) is 4.72. The molecule has 1 rings (SSSR count). The van der Waals surface area contributed by atoms with Gasteiger partial charge < -0.3 is 5.11 Å². The summed E-state index contributed by atoms with van der Waals surface area (Å²) < 4.78 is 0. The monoisotopic (exact) mass is 141 g/mol. The van der Waals surface area contributed by atoms with E-state index in [0.29, 0.717) is 0 Å². The Balaban J connectivity index is 2.42. The number of aliphatic carboxylic acids is 1. The van der Waals surface area contributed by atoms with Gasteiger partial charge in [-0.2, -0.15) is 0 Å². The minimum Gasteiger partial charge on any atom is -0.480 e. The lowest BCUT2D eigenvalue weighted by atomic mass is 10.3. The van der Waals surface area contributed by atoms with Crippen molar-refractivity contribution in [1.82, 2.24) is 4.90 Å². The lowest BCUT2D eigenvalue weighted by molar-refractivity contribution is -0.142. The molecule has 0 saturated carbocycles. The van der Waals surface area contributed by atoms with Gasteiger partial charge in [0, 0.05) is 13.1 Å². The lowest BCUT2D eigenvalue weighted by Crippen LogP contribution is -2.36. The summed E-state index contributed by atoms with van der Waals surface area (Å²) in [4.78, 5) is 12.3. The summed E-state index contributed by atoms with van der Waals surface area (Å²) in [5.41, 5.74) is 0. The van der Waals surface area contributed by atoms with Crippen LogP contribution in [0.1, 0.15) is 6.92 Å². The normalized spacial score (nSPS) is 21.3. The van der Waals surface area contributed by atoms with Gasteiger partial charge in [-0.05, 0) is 6.92 Å². The first kappa shape index (κ1) is 7.28. The Labute approximate surface area is 59.9 Å². The van der Waals surface area contributed by atoms with Crippen molar-refractivity contribution in [3.05, 3.63) is 12.2 Å². The third kappa shape index (κ3) is 1.36. The van der Waals surface area contributed by atoms with Gasteiger partial charge in [0.15, 0.2) is 0 Å². The number of rotatable bonds is 2. The van der Waals surface area contributed by atoms with Crippen LogP contribution in [-0.4, -0.2) is 35.1 Å². The van der Waals surface area contributed by atoms with Crippen LogP contribution in [0.4, 0.5) is 0 Å². The highest BCUT2D eigenvalue weighted by Gasteiger charge is 2.19. The van der Waals surface area contributed by atoms with E-state index in [9.17, 15) is 4.79 Å². The molecule has 10 heavy (non-hydrogen) atoms. The number of carbonyl (C=O) groups is 1. The van der Waals surface area contributed by atoms with Crippen LogP contribution >= 0.6 is 0 Å². The standard InChI is InChI=1S/C7H11NO2/c1-6(7(9)10)8-4-2-3-5-8/h2-3,6H,4-5H2,1H3,(H,9,10). The number of carboxylic acids is 1. The summed E-state index contributed by atoms with van der Waals surface area (Å²) in [5, 5.41) is 8.57. The van der Waals surface area contributed by atoms with Crippen molar-refractivity contribution in [3.8, 4) is 0 Å². The van der Waals surface area contributed by atoms with E-state index in [4.69, 9.17) is 5.11 Å². The van der Waals surface area contributed by atoms with Crippen molar-refractivity contribution < 1.29 is 9.90 Å². The Morgan fingerprint density at radius 1 is 1.60 bits per heavy atom. The van der Waals surface area contributed by atoms with Crippen LogP contribution in [0, 0.1) is 0 Å². The van der Waals surface area contributed by atoms with E-state index in [0.717, 1.165) is 13.1 Å². The first-order valence-electron chi connectivity index (χ1n) is 3.33. The molecule has 0 aromatic heterocycles. The van der Waals surface area contributed by atoms with Gasteiger partial charge in [-0.15, -0.1) is 0 Å². The first-order valence-corrected chi connectivity index (χ1v) is 3.33. The lowest BCUT2D eigenvalue weighted by Gasteiger charge is -2.18. The molecule has 3 heteroatoms. The van der Waals surface area contributed by atoms with Gasteiger partial charge >= 0.3 is 5.97 Å². The van der Waals surface area contributed by atoms with Gasteiger partial charge in [0.05, 0.1) is 0 Å². The van der Waals surface area contributed by atoms with E-state index >= 15 is 0 Å². The topological polar surface area (TPSA) is 40.5 Å². The zero-order valence-corrected chi connectivity index (χ0v) is 5.95. The maximum atomic E-state index is 10.4. The van der Waals surface area contributed by atoms with E-state index < -0.39 is 5.97 Å². The SMILES string of the molecule is CC(C(=O)O)N1CC=CC1. The van der Waals surface area contributed by atoms with Crippen molar-refractivity contribution in [2.24, 2.45) is 0 Å². The third-order valence-electron chi connectivity index (χ3n) is 1.75. The van der Waals surface area contributed by atoms with Gasteiger partial charge in [0.2, 0.25) is 0 Å². The van der Waals surface area contributed by atoms with E-state index in [1.807, 2.05) is 17.1 Å². The number of hydrogen-bond donors (Lipinski definition) is 1. The Bertz CT molecular complexity index is 157. The van der Waals surface area contributed by atoms with Crippen molar-refractivity contribution in [2.45, 2.75) is 13.0 Å². The third-order valence-corrected chi connectivity index (χ3v) is 1.75. The molecule has 0 radical (unpaired) electrons. The minimum absolute atomic E-state index is 0.352. The Kier molecular flexibility index (Phi) is 2.06. The summed E-state index contributed by atoms with van der Waals surface area (Å²) in [7, 11) is 0. The van der Waals surface area contributed by atoms with E-state index in [-0.39, 0.29) is 6.04 Å². The minimum atomic E-state index is -0.747.